The Morgan fingerprint density at radius 2 is 1.20 bits per heavy atom. The molecule has 0 spiro atoms. The zero-order valence-electron chi connectivity index (χ0n) is 13.6. The highest BCUT2D eigenvalue weighted by molar-refractivity contribution is 7.85. The molecule has 0 rings (SSSR count). The van der Waals surface area contributed by atoms with Crippen molar-refractivity contribution in [2.24, 2.45) is 0 Å². The van der Waals surface area contributed by atoms with Crippen LogP contribution in [-0.2, 0) is 10.1 Å². The van der Waals surface area contributed by atoms with Crippen LogP contribution in [0.5, 0.6) is 0 Å². The summed E-state index contributed by atoms with van der Waals surface area (Å²) in [6.07, 6.45) is 12.8. The first-order valence-corrected chi connectivity index (χ1v) is 9.65. The van der Waals surface area contributed by atoms with Crippen molar-refractivity contribution in [2.45, 2.75) is 71.1 Å². The van der Waals surface area contributed by atoms with E-state index in [4.69, 9.17) is 4.55 Å². The molecule has 0 aliphatic carbocycles. The van der Waals surface area contributed by atoms with E-state index in [9.17, 15) is 8.42 Å². The highest BCUT2D eigenvalue weighted by atomic mass is 32.2. The van der Waals surface area contributed by atoms with Gasteiger partial charge in [0, 0.05) is 0 Å². The number of hydrogen-bond donors (Lipinski definition) is 1. The van der Waals surface area contributed by atoms with E-state index in [0.717, 1.165) is 19.4 Å². The number of nitrogens with zero attached hydrogens (tertiary/aromatic N) is 1. The van der Waals surface area contributed by atoms with Crippen molar-refractivity contribution in [3.63, 3.8) is 0 Å². The SMILES string of the molecule is CCCCCCCCCCCC[N+](C)(C)CS(=O)(=O)O. The molecule has 0 aliphatic rings. The van der Waals surface area contributed by atoms with Crippen molar-refractivity contribution in [3.8, 4) is 0 Å². The van der Waals surface area contributed by atoms with E-state index < -0.39 is 10.1 Å². The van der Waals surface area contributed by atoms with Gasteiger partial charge in [-0.25, -0.2) is 0 Å². The lowest BCUT2D eigenvalue weighted by molar-refractivity contribution is -0.879. The Balaban J connectivity index is 3.43. The molecule has 122 valence electrons. The molecule has 0 fully saturated rings. The molecule has 4 nitrogen and oxygen atoms in total. The summed E-state index contributed by atoms with van der Waals surface area (Å²) in [5.41, 5.74) is 0. The van der Waals surface area contributed by atoms with Crippen molar-refractivity contribution in [3.05, 3.63) is 0 Å². The molecule has 0 aromatic heterocycles. The maximum absolute atomic E-state index is 10.9. The van der Waals surface area contributed by atoms with Crippen LogP contribution in [0.15, 0.2) is 0 Å². The van der Waals surface area contributed by atoms with Gasteiger partial charge in [-0.15, -0.1) is 0 Å². The van der Waals surface area contributed by atoms with Gasteiger partial charge in [0.25, 0.3) is 0 Å². The van der Waals surface area contributed by atoms with E-state index in [1.54, 1.807) is 0 Å². The van der Waals surface area contributed by atoms with E-state index in [1.807, 2.05) is 14.1 Å². The minimum Gasteiger partial charge on any atom is -0.314 e. The predicted molar refractivity (Wildman–Crippen MR) is 85.2 cm³/mol. The van der Waals surface area contributed by atoms with Gasteiger partial charge in [-0.05, 0) is 12.8 Å². The van der Waals surface area contributed by atoms with Crippen LogP contribution >= 0.6 is 0 Å². The van der Waals surface area contributed by atoms with Gasteiger partial charge in [0.15, 0.2) is 0 Å². The second-order valence-electron chi connectivity index (χ2n) is 6.55. The first kappa shape index (κ1) is 19.9. The predicted octanol–water partition coefficient (Wildman–Crippen LogP) is 3.83. The summed E-state index contributed by atoms with van der Waals surface area (Å²) in [7, 11) is -0.175. The Labute approximate surface area is 125 Å². The van der Waals surface area contributed by atoms with Crippen LogP contribution in [0.3, 0.4) is 0 Å². The maximum atomic E-state index is 10.9. The molecule has 0 atom stereocenters. The van der Waals surface area contributed by atoms with Gasteiger partial charge in [0.1, 0.15) is 0 Å². The molecule has 0 aromatic carbocycles. The van der Waals surface area contributed by atoms with Gasteiger partial charge in [0.05, 0.1) is 20.6 Å². The van der Waals surface area contributed by atoms with Crippen LogP contribution in [0.25, 0.3) is 0 Å². The number of hydrogen-bond acceptors (Lipinski definition) is 2. The van der Waals surface area contributed by atoms with Crippen LogP contribution in [0.4, 0.5) is 0 Å². The average molecular weight is 309 g/mol. The largest absolute Gasteiger partial charge is 0.316 e. The van der Waals surface area contributed by atoms with E-state index >= 15 is 0 Å². The third-order valence-corrected chi connectivity index (χ3v) is 4.65. The van der Waals surface area contributed by atoms with Crippen molar-refractivity contribution < 1.29 is 17.5 Å². The highest BCUT2D eigenvalue weighted by Crippen LogP contribution is 2.12. The van der Waals surface area contributed by atoms with E-state index in [-0.39, 0.29) is 5.88 Å². The lowest BCUT2D eigenvalue weighted by Gasteiger charge is -2.27. The first-order valence-electron chi connectivity index (χ1n) is 8.04. The number of unbranched alkanes of at least 4 members (excludes halogenated alkanes) is 9. The highest BCUT2D eigenvalue weighted by Gasteiger charge is 2.22. The van der Waals surface area contributed by atoms with E-state index in [1.165, 1.54) is 51.4 Å². The smallest absolute Gasteiger partial charge is 0.314 e. The molecule has 0 heterocycles. The summed E-state index contributed by atoms with van der Waals surface area (Å²) in [5, 5.41) is 0. The Morgan fingerprint density at radius 3 is 1.60 bits per heavy atom. The molecular formula is C15H34NO3S+. The normalized spacial score (nSPS) is 12.8. The molecule has 0 aromatic rings. The van der Waals surface area contributed by atoms with Gasteiger partial charge in [-0.1, -0.05) is 58.3 Å². The van der Waals surface area contributed by atoms with Gasteiger partial charge in [0.2, 0.25) is 5.88 Å². The molecule has 5 heteroatoms. The molecule has 1 N–H and O–H groups in total. The van der Waals surface area contributed by atoms with Crippen molar-refractivity contribution in [2.75, 3.05) is 26.5 Å². The fourth-order valence-electron chi connectivity index (χ4n) is 2.53. The fraction of sp³-hybridized carbons (Fsp3) is 1.00. The zero-order chi connectivity index (χ0) is 15.5. The van der Waals surface area contributed by atoms with E-state index in [2.05, 4.69) is 6.92 Å². The zero-order valence-corrected chi connectivity index (χ0v) is 14.4. The quantitative estimate of drug-likeness (QED) is 0.319. The monoisotopic (exact) mass is 308 g/mol. The molecule has 0 aliphatic heterocycles. The summed E-state index contributed by atoms with van der Waals surface area (Å²) < 4.78 is 31.0. The molecular weight excluding hydrogens is 274 g/mol. The van der Waals surface area contributed by atoms with E-state index in [0.29, 0.717) is 4.48 Å². The van der Waals surface area contributed by atoms with Crippen LogP contribution in [-0.4, -0.2) is 44.0 Å². The summed E-state index contributed by atoms with van der Waals surface area (Å²) in [6.45, 7) is 3.04. The molecule has 0 saturated carbocycles. The van der Waals surface area contributed by atoms with Crippen molar-refractivity contribution in [1.82, 2.24) is 0 Å². The first-order chi connectivity index (χ1) is 9.27. The third kappa shape index (κ3) is 14.3. The summed E-state index contributed by atoms with van der Waals surface area (Å²) in [6, 6.07) is 0. The molecule has 0 bridgehead atoms. The van der Waals surface area contributed by atoms with Gasteiger partial charge < -0.3 is 4.48 Å². The van der Waals surface area contributed by atoms with Crippen LogP contribution in [0.2, 0.25) is 0 Å². The summed E-state index contributed by atoms with van der Waals surface area (Å²) >= 11 is 0. The third-order valence-electron chi connectivity index (χ3n) is 3.63. The van der Waals surface area contributed by atoms with Crippen molar-refractivity contribution >= 4 is 10.1 Å². The number of quaternary nitrogens is 1. The van der Waals surface area contributed by atoms with Crippen molar-refractivity contribution in [1.29, 1.82) is 0 Å². The molecule has 0 unspecified atom stereocenters. The summed E-state index contributed by atoms with van der Waals surface area (Å²) in [4.78, 5) is 0. The van der Waals surface area contributed by atoms with Crippen LogP contribution < -0.4 is 0 Å². The van der Waals surface area contributed by atoms with Crippen LogP contribution in [0.1, 0.15) is 71.1 Å². The Kier molecular flexibility index (Phi) is 10.5. The minimum absolute atomic E-state index is 0.190. The summed E-state index contributed by atoms with van der Waals surface area (Å²) in [5.74, 6) is -0.190. The minimum atomic E-state index is -3.87. The second kappa shape index (κ2) is 10.6. The fourth-order valence-corrected chi connectivity index (χ4v) is 3.55. The second-order valence-corrected chi connectivity index (χ2v) is 7.97. The molecule has 20 heavy (non-hydrogen) atoms. The van der Waals surface area contributed by atoms with Gasteiger partial charge in [-0.3, -0.25) is 4.55 Å². The average Bonchev–Trinajstić information content (AvgIpc) is 2.28. The van der Waals surface area contributed by atoms with Gasteiger partial charge in [-0.2, -0.15) is 8.42 Å². The lowest BCUT2D eigenvalue weighted by Crippen LogP contribution is -2.44. The Bertz CT molecular complexity index is 326. The molecule has 0 saturated heterocycles. The topological polar surface area (TPSA) is 54.4 Å². The molecule has 0 radical (unpaired) electrons. The Hall–Kier alpha value is -0.130. The molecule has 0 amide bonds. The lowest BCUT2D eigenvalue weighted by atomic mass is 10.1. The Morgan fingerprint density at radius 1 is 0.800 bits per heavy atom. The maximum Gasteiger partial charge on any atom is 0.316 e. The van der Waals surface area contributed by atoms with Gasteiger partial charge >= 0.3 is 10.1 Å². The van der Waals surface area contributed by atoms with Crippen LogP contribution in [0, 0.1) is 0 Å². The number of rotatable bonds is 13. The standard InChI is InChI=1S/C15H33NO3S/c1-4-5-6-7-8-9-10-11-12-13-14-16(2,3)15-20(17,18)19/h4-15H2,1-3H3/p+1.